The third-order valence-electron chi connectivity index (χ3n) is 1.16. The molecule has 56 valence electrons. The summed E-state index contributed by atoms with van der Waals surface area (Å²) in [5, 5.41) is 0. The first-order valence-electron chi connectivity index (χ1n) is 3.04. The summed E-state index contributed by atoms with van der Waals surface area (Å²) in [6.07, 6.45) is 1.16. The lowest BCUT2D eigenvalue weighted by Crippen LogP contribution is -2.16. The zero-order valence-electron chi connectivity index (χ0n) is 5.46. The molecule has 0 aliphatic rings. The lowest BCUT2D eigenvalue weighted by atomic mass is 10.2. The topological polar surface area (TPSA) is 38.9 Å². The second-order valence-electron chi connectivity index (χ2n) is 2.00. The highest BCUT2D eigenvalue weighted by Crippen LogP contribution is 2.09. The van der Waals surface area contributed by atoms with Crippen LogP contribution in [0.2, 0.25) is 0 Å². The Hall–Kier alpha value is -0.480. The Morgan fingerprint density at radius 1 is 1.80 bits per heavy atom. The van der Waals surface area contributed by atoms with Crippen molar-refractivity contribution in [3.8, 4) is 0 Å². The third-order valence-corrected chi connectivity index (χ3v) is 1.96. The van der Waals surface area contributed by atoms with Crippen molar-refractivity contribution in [2.45, 2.75) is 12.6 Å². The number of nitrogens with zero attached hydrogens (tertiary/aromatic N) is 1. The van der Waals surface area contributed by atoms with E-state index in [1.54, 1.807) is 11.7 Å². The normalized spacial score (nSPS) is 13.4. The molecule has 2 N–H and O–H groups in total. The van der Waals surface area contributed by atoms with Gasteiger partial charge in [0.2, 0.25) is 0 Å². The van der Waals surface area contributed by atoms with Crippen molar-refractivity contribution in [2.75, 3.05) is 6.54 Å². The molecule has 0 bridgehead atoms. The lowest BCUT2D eigenvalue weighted by Gasteiger charge is -1.99. The zero-order valence-corrected chi connectivity index (χ0v) is 6.27. The largest absolute Gasteiger partial charge is 0.328 e. The van der Waals surface area contributed by atoms with Crippen LogP contribution in [0.1, 0.15) is 4.88 Å². The average Bonchev–Trinajstić information content (AvgIpc) is 2.40. The fourth-order valence-corrected chi connectivity index (χ4v) is 1.30. The van der Waals surface area contributed by atoms with E-state index in [4.69, 9.17) is 5.73 Å². The zero-order chi connectivity index (χ0) is 7.40. The molecule has 0 aliphatic carbocycles. The molecule has 1 aromatic heterocycles. The number of alkyl halides is 1. The molecule has 0 spiro atoms. The summed E-state index contributed by atoms with van der Waals surface area (Å²) in [4.78, 5) is 4.78. The SMILES string of the molecule is NCC(F)Cc1cncs1. The standard InChI is InChI=1S/C6H9FN2S/c7-5(2-8)1-6-3-9-4-10-6/h3-5H,1-2,8H2. The third kappa shape index (κ3) is 2.04. The predicted molar refractivity (Wildman–Crippen MR) is 39.8 cm³/mol. The van der Waals surface area contributed by atoms with Gasteiger partial charge >= 0.3 is 0 Å². The van der Waals surface area contributed by atoms with Crippen LogP contribution < -0.4 is 5.73 Å². The average molecular weight is 160 g/mol. The molecular formula is C6H9FN2S. The highest BCUT2D eigenvalue weighted by atomic mass is 32.1. The van der Waals surface area contributed by atoms with Crippen molar-refractivity contribution >= 4 is 11.3 Å². The molecule has 4 heteroatoms. The molecule has 2 nitrogen and oxygen atoms in total. The van der Waals surface area contributed by atoms with E-state index in [1.807, 2.05) is 0 Å². The van der Waals surface area contributed by atoms with E-state index in [0.29, 0.717) is 6.42 Å². The second-order valence-corrected chi connectivity index (χ2v) is 2.98. The van der Waals surface area contributed by atoms with E-state index in [1.165, 1.54) is 11.3 Å². The van der Waals surface area contributed by atoms with Gasteiger partial charge < -0.3 is 5.73 Å². The van der Waals surface area contributed by atoms with E-state index in [0.717, 1.165) is 4.88 Å². The molecule has 1 atom stereocenters. The smallest absolute Gasteiger partial charge is 0.117 e. The summed E-state index contributed by atoms with van der Waals surface area (Å²) in [7, 11) is 0. The minimum atomic E-state index is -0.916. The van der Waals surface area contributed by atoms with Crippen LogP contribution in [-0.2, 0) is 6.42 Å². The maximum Gasteiger partial charge on any atom is 0.117 e. The molecule has 0 saturated heterocycles. The first-order valence-corrected chi connectivity index (χ1v) is 3.92. The Bertz CT molecular complexity index is 176. The molecule has 1 unspecified atom stereocenters. The maximum absolute atomic E-state index is 12.5. The van der Waals surface area contributed by atoms with Gasteiger partial charge in [0.1, 0.15) is 6.17 Å². The number of thiazole rings is 1. The Labute approximate surface area is 62.9 Å². The number of hydrogen-bond acceptors (Lipinski definition) is 3. The number of aromatic nitrogens is 1. The minimum absolute atomic E-state index is 0.0951. The van der Waals surface area contributed by atoms with E-state index in [9.17, 15) is 4.39 Å². The number of halogens is 1. The van der Waals surface area contributed by atoms with Crippen molar-refractivity contribution in [3.63, 3.8) is 0 Å². The summed E-state index contributed by atoms with van der Waals surface area (Å²) >= 11 is 1.46. The van der Waals surface area contributed by atoms with E-state index in [-0.39, 0.29) is 6.54 Å². The van der Waals surface area contributed by atoms with Crippen molar-refractivity contribution < 1.29 is 4.39 Å². The summed E-state index contributed by atoms with van der Waals surface area (Å²) < 4.78 is 12.5. The summed E-state index contributed by atoms with van der Waals surface area (Å²) in [6.45, 7) is 0.0951. The quantitative estimate of drug-likeness (QED) is 0.716. The minimum Gasteiger partial charge on any atom is -0.328 e. The molecule has 10 heavy (non-hydrogen) atoms. The Balaban J connectivity index is 2.40. The van der Waals surface area contributed by atoms with Gasteiger partial charge in [-0.25, -0.2) is 4.39 Å². The highest BCUT2D eigenvalue weighted by molar-refractivity contribution is 7.09. The van der Waals surface area contributed by atoms with Crippen LogP contribution in [0.25, 0.3) is 0 Å². The van der Waals surface area contributed by atoms with Crippen molar-refractivity contribution in [1.29, 1.82) is 0 Å². The van der Waals surface area contributed by atoms with Crippen LogP contribution in [0.15, 0.2) is 11.7 Å². The fraction of sp³-hybridized carbons (Fsp3) is 0.500. The molecule has 0 fully saturated rings. The van der Waals surface area contributed by atoms with E-state index in [2.05, 4.69) is 4.98 Å². The number of hydrogen-bond donors (Lipinski definition) is 1. The Morgan fingerprint density at radius 3 is 3.10 bits per heavy atom. The number of nitrogens with two attached hydrogens (primary N) is 1. The van der Waals surface area contributed by atoms with Crippen LogP contribution in [0, 0.1) is 0 Å². The monoisotopic (exact) mass is 160 g/mol. The molecule has 1 rings (SSSR count). The first-order chi connectivity index (χ1) is 4.83. The highest BCUT2D eigenvalue weighted by Gasteiger charge is 2.05. The summed E-state index contributed by atoms with van der Waals surface area (Å²) in [6, 6.07) is 0. The van der Waals surface area contributed by atoms with Gasteiger partial charge in [0, 0.05) is 24.0 Å². The van der Waals surface area contributed by atoms with Gasteiger partial charge in [0.05, 0.1) is 5.51 Å². The molecule has 1 aromatic rings. The molecule has 0 radical (unpaired) electrons. The first kappa shape index (κ1) is 7.63. The van der Waals surface area contributed by atoms with Crippen molar-refractivity contribution in [2.24, 2.45) is 5.73 Å². The fourth-order valence-electron chi connectivity index (χ4n) is 0.645. The van der Waals surface area contributed by atoms with Crippen molar-refractivity contribution in [3.05, 3.63) is 16.6 Å². The predicted octanol–water partition coefficient (Wildman–Crippen LogP) is 0.982. The van der Waals surface area contributed by atoms with Gasteiger partial charge in [-0.2, -0.15) is 0 Å². The Kier molecular flexibility index (Phi) is 2.77. The van der Waals surface area contributed by atoms with E-state index < -0.39 is 6.17 Å². The van der Waals surface area contributed by atoms with E-state index >= 15 is 0 Å². The molecule has 0 aromatic carbocycles. The number of rotatable bonds is 3. The summed E-state index contributed by atoms with van der Waals surface area (Å²) in [5.74, 6) is 0. The molecule has 0 aliphatic heterocycles. The van der Waals surface area contributed by atoms with Gasteiger partial charge in [0.25, 0.3) is 0 Å². The van der Waals surface area contributed by atoms with Gasteiger partial charge in [-0.3, -0.25) is 4.98 Å². The van der Waals surface area contributed by atoms with Gasteiger partial charge in [-0.1, -0.05) is 0 Å². The second kappa shape index (κ2) is 3.63. The molecule has 0 amide bonds. The van der Waals surface area contributed by atoms with Crippen LogP contribution in [0.3, 0.4) is 0 Å². The van der Waals surface area contributed by atoms with Crippen molar-refractivity contribution in [1.82, 2.24) is 4.98 Å². The van der Waals surface area contributed by atoms with Crippen LogP contribution in [-0.4, -0.2) is 17.7 Å². The van der Waals surface area contributed by atoms with Crippen LogP contribution >= 0.6 is 11.3 Å². The van der Waals surface area contributed by atoms with Gasteiger partial charge in [-0.15, -0.1) is 11.3 Å². The summed E-state index contributed by atoms with van der Waals surface area (Å²) in [5.41, 5.74) is 6.79. The lowest BCUT2D eigenvalue weighted by molar-refractivity contribution is 0.342. The molecule has 1 heterocycles. The van der Waals surface area contributed by atoms with Gasteiger partial charge in [-0.05, 0) is 0 Å². The van der Waals surface area contributed by atoms with Gasteiger partial charge in [0.15, 0.2) is 0 Å². The molecular weight excluding hydrogens is 151 g/mol. The van der Waals surface area contributed by atoms with Crippen LogP contribution in [0.4, 0.5) is 4.39 Å². The van der Waals surface area contributed by atoms with Crippen LogP contribution in [0.5, 0.6) is 0 Å². The Morgan fingerprint density at radius 2 is 2.60 bits per heavy atom. The molecule has 0 saturated carbocycles. The maximum atomic E-state index is 12.5.